The zero-order valence-electron chi connectivity index (χ0n) is 19.8. The molecule has 7 heteroatoms. The van der Waals surface area contributed by atoms with Gasteiger partial charge in [0, 0.05) is 29.8 Å². The van der Waals surface area contributed by atoms with Gasteiger partial charge in [-0.2, -0.15) is 5.10 Å². The molecule has 4 rings (SSSR count). The summed E-state index contributed by atoms with van der Waals surface area (Å²) in [5.41, 5.74) is 6.78. The second-order valence-corrected chi connectivity index (χ2v) is 8.29. The largest absolute Gasteiger partial charge is 0.484 e. The summed E-state index contributed by atoms with van der Waals surface area (Å²) in [5.74, 6) is 1.15. The lowest BCUT2D eigenvalue weighted by Crippen LogP contribution is -2.31. The van der Waals surface area contributed by atoms with E-state index in [0.29, 0.717) is 30.2 Å². The molecular weight excluding hydrogens is 430 g/mol. The number of para-hydroxylation sites is 1. The van der Waals surface area contributed by atoms with Crippen molar-refractivity contribution in [3.63, 3.8) is 0 Å². The summed E-state index contributed by atoms with van der Waals surface area (Å²) in [7, 11) is 0. The molecule has 0 bridgehead atoms. The molecular formula is C27H29N3O4. The van der Waals surface area contributed by atoms with Crippen LogP contribution in [0.25, 0.3) is 0 Å². The number of aryl methyl sites for hydroxylation is 2. The molecule has 1 aliphatic carbocycles. The van der Waals surface area contributed by atoms with Crippen LogP contribution in [-0.4, -0.2) is 30.7 Å². The summed E-state index contributed by atoms with van der Waals surface area (Å²) in [6.07, 6.45) is 2.25. The third-order valence-electron chi connectivity index (χ3n) is 5.82. The first-order valence-corrected chi connectivity index (χ1v) is 11.5. The van der Waals surface area contributed by atoms with Gasteiger partial charge in [0.1, 0.15) is 11.5 Å². The molecule has 2 amide bonds. The molecule has 1 N–H and O–H groups in total. The lowest BCUT2D eigenvalue weighted by molar-refractivity contribution is -0.123. The molecule has 1 aliphatic rings. The number of amides is 2. The van der Waals surface area contributed by atoms with Crippen molar-refractivity contribution in [1.82, 2.24) is 5.43 Å². The van der Waals surface area contributed by atoms with Crippen LogP contribution in [0.3, 0.4) is 0 Å². The highest BCUT2D eigenvalue weighted by molar-refractivity contribution is 6.10. The van der Waals surface area contributed by atoms with Gasteiger partial charge in [0.25, 0.3) is 11.8 Å². The molecule has 3 aromatic rings. The molecule has 0 spiro atoms. The second-order valence-electron chi connectivity index (χ2n) is 8.29. The Labute approximate surface area is 199 Å². The van der Waals surface area contributed by atoms with Gasteiger partial charge in [0.15, 0.2) is 12.4 Å². The fourth-order valence-electron chi connectivity index (χ4n) is 4.17. The first-order valence-electron chi connectivity index (χ1n) is 11.5. The van der Waals surface area contributed by atoms with Crippen LogP contribution in [0.15, 0.2) is 64.1 Å². The molecule has 2 aromatic carbocycles. The molecule has 0 saturated heterocycles. The molecule has 0 atom stereocenters. The molecule has 7 nitrogen and oxygen atoms in total. The standard InChI is InChI=1S/C27H29N3O4/c1-4-30(20-11-8-10-18(2)16-20)27(32)26-19(3)25-22(14-9-15-23(25)34-26)28-29-24(31)17-33-21-12-6-5-7-13-21/h5-8,10-13,16H,4,9,14-15,17H2,1-3H3,(H,29,31)/b28-22+. The smallest absolute Gasteiger partial charge is 0.294 e. The Balaban J connectivity index is 1.52. The molecule has 1 heterocycles. The number of hydrogen-bond donors (Lipinski definition) is 1. The van der Waals surface area contributed by atoms with E-state index in [-0.39, 0.29) is 18.4 Å². The van der Waals surface area contributed by atoms with E-state index in [1.54, 1.807) is 17.0 Å². The van der Waals surface area contributed by atoms with Gasteiger partial charge in [-0.15, -0.1) is 0 Å². The van der Waals surface area contributed by atoms with Crippen molar-refractivity contribution in [1.29, 1.82) is 0 Å². The number of fused-ring (bicyclic) bond motifs is 1. The number of hydrogen-bond acceptors (Lipinski definition) is 5. The zero-order chi connectivity index (χ0) is 24.1. The molecule has 34 heavy (non-hydrogen) atoms. The highest BCUT2D eigenvalue weighted by atomic mass is 16.5. The number of nitrogens with zero attached hydrogens (tertiary/aromatic N) is 2. The maximum atomic E-state index is 13.4. The summed E-state index contributed by atoms with van der Waals surface area (Å²) >= 11 is 0. The maximum Gasteiger partial charge on any atom is 0.294 e. The van der Waals surface area contributed by atoms with Crippen molar-refractivity contribution in [2.45, 2.75) is 40.0 Å². The normalized spacial score (nSPS) is 13.9. The van der Waals surface area contributed by atoms with E-state index in [0.717, 1.165) is 41.0 Å². The highest BCUT2D eigenvalue weighted by Gasteiger charge is 2.30. The van der Waals surface area contributed by atoms with Gasteiger partial charge >= 0.3 is 0 Å². The van der Waals surface area contributed by atoms with Gasteiger partial charge in [0.2, 0.25) is 0 Å². The van der Waals surface area contributed by atoms with E-state index in [1.807, 2.05) is 63.2 Å². The minimum Gasteiger partial charge on any atom is -0.484 e. The number of nitrogens with one attached hydrogen (secondary N) is 1. The van der Waals surface area contributed by atoms with Crippen LogP contribution < -0.4 is 15.1 Å². The molecule has 0 saturated carbocycles. The fraction of sp³-hybridized carbons (Fsp3) is 0.296. The third kappa shape index (κ3) is 5.03. The Hall–Kier alpha value is -3.87. The second kappa shape index (κ2) is 10.4. The van der Waals surface area contributed by atoms with Crippen molar-refractivity contribution >= 4 is 23.2 Å². The number of carbonyl (C=O) groups excluding carboxylic acids is 2. The maximum absolute atomic E-state index is 13.4. The Morgan fingerprint density at radius 3 is 2.62 bits per heavy atom. The van der Waals surface area contributed by atoms with Gasteiger partial charge in [-0.1, -0.05) is 30.3 Å². The predicted octanol–water partition coefficient (Wildman–Crippen LogP) is 4.80. The summed E-state index contributed by atoms with van der Waals surface area (Å²) in [6.45, 7) is 6.20. The van der Waals surface area contributed by atoms with Crippen LogP contribution in [0.4, 0.5) is 5.69 Å². The Kier molecular flexibility index (Phi) is 7.11. The first kappa shape index (κ1) is 23.3. The quantitative estimate of drug-likeness (QED) is 0.515. The number of anilines is 1. The molecule has 0 aliphatic heterocycles. The van der Waals surface area contributed by atoms with Crippen LogP contribution in [-0.2, 0) is 11.2 Å². The minimum atomic E-state index is -0.350. The number of ether oxygens (including phenoxy) is 1. The number of furan rings is 1. The molecule has 0 radical (unpaired) electrons. The number of hydrazone groups is 1. The summed E-state index contributed by atoms with van der Waals surface area (Å²) in [5, 5.41) is 4.36. The Morgan fingerprint density at radius 2 is 1.88 bits per heavy atom. The van der Waals surface area contributed by atoms with E-state index in [9.17, 15) is 9.59 Å². The molecule has 176 valence electrons. The van der Waals surface area contributed by atoms with Crippen LogP contribution in [0.5, 0.6) is 5.75 Å². The number of benzene rings is 2. The van der Waals surface area contributed by atoms with Gasteiger partial charge < -0.3 is 14.1 Å². The van der Waals surface area contributed by atoms with Gasteiger partial charge in [-0.05, 0) is 63.4 Å². The van der Waals surface area contributed by atoms with Crippen LogP contribution in [0, 0.1) is 13.8 Å². The van der Waals surface area contributed by atoms with Gasteiger partial charge in [-0.3, -0.25) is 9.59 Å². The summed E-state index contributed by atoms with van der Waals surface area (Å²) in [6, 6.07) is 17.0. The fourth-order valence-corrected chi connectivity index (χ4v) is 4.17. The molecule has 0 unspecified atom stereocenters. The van der Waals surface area contributed by atoms with E-state index in [1.165, 1.54) is 0 Å². The van der Waals surface area contributed by atoms with E-state index >= 15 is 0 Å². The SMILES string of the molecule is CCN(C(=O)c1oc2c(c1C)/C(=N/NC(=O)COc1ccccc1)CCC2)c1cccc(C)c1. The Morgan fingerprint density at radius 1 is 1.09 bits per heavy atom. The topological polar surface area (TPSA) is 84.1 Å². The third-order valence-corrected chi connectivity index (χ3v) is 5.82. The monoisotopic (exact) mass is 459 g/mol. The van der Waals surface area contributed by atoms with E-state index in [2.05, 4.69) is 10.5 Å². The zero-order valence-corrected chi connectivity index (χ0v) is 19.8. The van der Waals surface area contributed by atoms with Gasteiger partial charge in [-0.25, -0.2) is 5.43 Å². The predicted molar refractivity (Wildman–Crippen MR) is 132 cm³/mol. The summed E-state index contributed by atoms with van der Waals surface area (Å²) < 4.78 is 11.5. The Bertz CT molecular complexity index is 1210. The average Bonchev–Trinajstić information content (AvgIpc) is 3.19. The van der Waals surface area contributed by atoms with Gasteiger partial charge in [0.05, 0.1) is 5.71 Å². The van der Waals surface area contributed by atoms with Crippen LogP contribution >= 0.6 is 0 Å². The van der Waals surface area contributed by atoms with E-state index < -0.39 is 0 Å². The number of carbonyl (C=O) groups is 2. The van der Waals surface area contributed by atoms with Crippen molar-refractivity contribution < 1.29 is 18.7 Å². The first-order chi connectivity index (χ1) is 16.5. The average molecular weight is 460 g/mol. The molecule has 1 aromatic heterocycles. The van der Waals surface area contributed by atoms with Crippen molar-refractivity contribution in [2.75, 3.05) is 18.1 Å². The van der Waals surface area contributed by atoms with Crippen molar-refractivity contribution in [2.24, 2.45) is 5.10 Å². The summed E-state index contributed by atoms with van der Waals surface area (Å²) in [4.78, 5) is 27.4. The van der Waals surface area contributed by atoms with E-state index in [4.69, 9.17) is 9.15 Å². The highest BCUT2D eigenvalue weighted by Crippen LogP contribution is 2.31. The molecule has 0 fully saturated rings. The minimum absolute atomic E-state index is 0.135. The number of rotatable bonds is 7. The van der Waals surface area contributed by atoms with Crippen LogP contribution in [0.1, 0.15) is 52.8 Å². The van der Waals surface area contributed by atoms with Crippen molar-refractivity contribution in [3.05, 3.63) is 82.8 Å². The lowest BCUT2D eigenvalue weighted by atomic mass is 9.93. The van der Waals surface area contributed by atoms with Crippen molar-refractivity contribution in [3.8, 4) is 5.75 Å². The van der Waals surface area contributed by atoms with Crippen LogP contribution in [0.2, 0.25) is 0 Å². The lowest BCUT2D eigenvalue weighted by Gasteiger charge is -2.20.